The molecule has 0 saturated heterocycles. The summed E-state index contributed by atoms with van der Waals surface area (Å²) in [5.74, 6) is 0.577. The fourth-order valence-corrected chi connectivity index (χ4v) is 2.91. The van der Waals surface area contributed by atoms with Crippen molar-refractivity contribution < 1.29 is 0 Å². The lowest BCUT2D eigenvalue weighted by molar-refractivity contribution is 0.763. The molecule has 0 aliphatic heterocycles. The molecule has 1 nitrogen and oxygen atoms in total. The Morgan fingerprint density at radius 3 is 2.61 bits per heavy atom. The van der Waals surface area contributed by atoms with E-state index in [0.717, 1.165) is 6.42 Å². The summed E-state index contributed by atoms with van der Waals surface area (Å²) in [5.41, 5.74) is 2.61. The van der Waals surface area contributed by atoms with E-state index in [1.165, 1.54) is 16.1 Å². The number of thiophene rings is 1. The Labute approximate surface area is 114 Å². The molecule has 0 amide bonds. The molecule has 96 valence electrons. The van der Waals surface area contributed by atoms with Crippen molar-refractivity contribution in [3.8, 4) is 0 Å². The summed E-state index contributed by atoms with van der Waals surface area (Å²) in [6, 6.07) is 13.5. The zero-order chi connectivity index (χ0) is 13.0. The second-order valence-corrected chi connectivity index (χ2v) is 5.88. The Balaban J connectivity index is 2.15. The highest BCUT2D eigenvalue weighted by atomic mass is 32.1. The van der Waals surface area contributed by atoms with Gasteiger partial charge in [-0.2, -0.15) is 0 Å². The number of nitrogens with one attached hydrogen (secondary N) is 1. The Kier molecular flexibility index (Phi) is 4.43. The SMILES string of the molecule is CCC(Nc1cccc(C(C)C)c1)c1cccs1. The van der Waals surface area contributed by atoms with E-state index in [1.54, 1.807) is 0 Å². The molecule has 2 aromatic rings. The molecular formula is C16H21NS. The molecule has 0 spiro atoms. The molecule has 1 aromatic carbocycles. The first-order valence-corrected chi connectivity index (χ1v) is 7.48. The second-order valence-electron chi connectivity index (χ2n) is 4.90. The van der Waals surface area contributed by atoms with Crippen molar-refractivity contribution >= 4 is 17.0 Å². The van der Waals surface area contributed by atoms with Crippen LogP contribution in [0.4, 0.5) is 5.69 Å². The van der Waals surface area contributed by atoms with Crippen LogP contribution in [-0.2, 0) is 0 Å². The summed E-state index contributed by atoms with van der Waals surface area (Å²) in [6.07, 6.45) is 1.10. The molecule has 0 aliphatic rings. The van der Waals surface area contributed by atoms with E-state index >= 15 is 0 Å². The van der Waals surface area contributed by atoms with E-state index in [9.17, 15) is 0 Å². The maximum absolute atomic E-state index is 3.64. The lowest BCUT2D eigenvalue weighted by atomic mass is 10.0. The Morgan fingerprint density at radius 1 is 1.17 bits per heavy atom. The summed E-state index contributed by atoms with van der Waals surface area (Å²) in [4.78, 5) is 1.41. The average molecular weight is 259 g/mol. The van der Waals surface area contributed by atoms with Gasteiger partial charge in [-0.1, -0.05) is 39.0 Å². The monoisotopic (exact) mass is 259 g/mol. The first-order valence-electron chi connectivity index (χ1n) is 6.60. The van der Waals surface area contributed by atoms with Crippen LogP contribution in [0.15, 0.2) is 41.8 Å². The van der Waals surface area contributed by atoms with Crippen molar-refractivity contribution in [1.82, 2.24) is 0 Å². The van der Waals surface area contributed by atoms with Crippen molar-refractivity contribution in [2.75, 3.05) is 5.32 Å². The molecule has 0 aliphatic carbocycles. The maximum atomic E-state index is 3.64. The molecule has 0 radical (unpaired) electrons. The molecule has 18 heavy (non-hydrogen) atoms. The Hall–Kier alpha value is -1.28. The van der Waals surface area contributed by atoms with Gasteiger partial charge in [-0.3, -0.25) is 0 Å². The van der Waals surface area contributed by atoms with Gasteiger partial charge in [0.05, 0.1) is 6.04 Å². The van der Waals surface area contributed by atoms with Crippen molar-refractivity contribution in [3.63, 3.8) is 0 Å². The maximum Gasteiger partial charge on any atom is 0.0603 e. The Bertz CT molecular complexity index is 474. The first kappa shape index (κ1) is 13.2. The van der Waals surface area contributed by atoms with Crippen LogP contribution in [0.1, 0.15) is 49.6 Å². The summed E-state index contributed by atoms with van der Waals surface area (Å²) in [5, 5.41) is 5.78. The molecule has 1 aromatic heterocycles. The first-order chi connectivity index (χ1) is 8.70. The van der Waals surface area contributed by atoms with Gasteiger partial charge in [-0.05, 0) is 41.5 Å². The highest BCUT2D eigenvalue weighted by Crippen LogP contribution is 2.27. The quantitative estimate of drug-likeness (QED) is 0.754. The van der Waals surface area contributed by atoms with Gasteiger partial charge >= 0.3 is 0 Å². The van der Waals surface area contributed by atoms with Crippen LogP contribution in [0.5, 0.6) is 0 Å². The fourth-order valence-electron chi connectivity index (χ4n) is 2.05. The van der Waals surface area contributed by atoms with E-state index in [0.29, 0.717) is 12.0 Å². The molecule has 1 atom stereocenters. The topological polar surface area (TPSA) is 12.0 Å². The van der Waals surface area contributed by atoms with Gasteiger partial charge in [-0.15, -0.1) is 11.3 Å². The molecule has 0 fully saturated rings. The molecule has 1 unspecified atom stereocenters. The van der Waals surface area contributed by atoms with Crippen molar-refractivity contribution in [2.24, 2.45) is 0 Å². The highest BCUT2D eigenvalue weighted by Gasteiger charge is 2.10. The minimum absolute atomic E-state index is 0.424. The summed E-state index contributed by atoms with van der Waals surface area (Å²) >= 11 is 1.82. The van der Waals surface area contributed by atoms with Gasteiger partial charge in [0.2, 0.25) is 0 Å². The van der Waals surface area contributed by atoms with Gasteiger partial charge in [0.15, 0.2) is 0 Å². The van der Waals surface area contributed by atoms with Gasteiger partial charge in [0.1, 0.15) is 0 Å². The summed E-state index contributed by atoms with van der Waals surface area (Å²) in [6.45, 7) is 6.69. The van der Waals surface area contributed by atoms with Crippen molar-refractivity contribution in [2.45, 2.75) is 39.2 Å². The normalized spacial score (nSPS) is 12.7. The van der Waals surface area contributed by atoms with Crippen LogP contribution >= 0.6 is 11.3 Å². The van der Waals surface area contributed by atoms with Crippen molar-refractivity contribution in [1.29, 1.82) is 0 Å². The van der Waals surface area contributed by atoms with E-state index in [-0.39, 0.29) is 0 Å². The molecule has 2 rings (SSSR count). The number of hydrogen-bond acceptors (Lipinski definition) is 2. The molecule has 0 saturated carbocycles. The minimum atomic E-state index is 0.424. The van der Waals surface area contributed by atoms with Crippen LogP contribution in [0.3, 0.4) is 0 Å². The summed E-state index contributed by atoms with van der Waals surface area (Å²) in [7, 11) is 0. The van der Waals surface area contributed by atoms with Gasteiger partial charge in [0, 0.05) is 10.6 Å². The van der Waals surface area contributed by atoms with E-state index in [4.69, 9.17) is 0 Å². The van der Waals surface area contributed by atoms with Crippen LogP contribution < -0.4 is 5.32 Å². The second kappa shape index (κ2) is 6.05. The zero-order valence-electron chi connectivity index (χ0n) is 11.3. The molecule has 1 N–H and O–H groups in total. The van der Waals surface area contributed by atoms with E-state index < -0.39 is 0 Å². The largest absolute Gasteiger partial charge is 0.377 e. The third-order valence-electron chi connectivity index (χ3n) is 3.19. The van der Waals surface area contributed by atoms with Gasteiger partial charge in [-0.25, -0.2) is 0 Å². The predicted octanol–water partition coefficient (Wildman–Crippen LogP) is 5.43. The van der Waals surface area contributed by atoms with Crippen LogP contribution in [0.25, 0.3) is 0 Å². The predicted molar refractivity (Wildman–Crippen MR) is 81.5 cm³/mol. The Morgan fingerprint density at radius 2 is 2.00 bits per heavy atom. The van der Waals surface area contributed by atoms with Crippen LogP contribution in [0, 0.1) is 0 Å². The number of hydrogen-bond donors (Lipinski definition) is 1. The number of anilines is 1. The third kappa shape index (κ3) is 3.14. The fraction of sp³-hybridized carbons (Fsp3) is 0.375. The minimum Gasteiger partial charge on any atom is -0.377 e. The van der Waals surface area contributed by atoms with Crippen LogP contribution in [-0.4, -0.2) is 0 Å². The molecule has 1 heterocycles. The lowest BCUT2D eigenvalue weighted by Gasteiger charge is -2.18. The number of rotatable bonds is 5. The van der Waals surface area contributed by atoms with Gasteiger partial charge in [0.25, 0.3) is 0 Å². The van der Waals surface area contributed by atoms with E-state index in [1.807, 2.05) is 11.3 Å². The summed E-state index contributed by atoms with van der Waals surface area (Å²) < 4.78 is 0. The zero-order valence-corrected chi connectivity index (χ0v) is 12.1. The molecule has 0 bridgehead atoms. The standard InChI is InChI=1S/C16H21NS/c1-4-15(16-9-6-10-18-16)17-14-8-5-7-13(11-14)12(2)3/h5-12,15,17H,4H2,1-3H3. The molecular weight excluding hydrogens is 238 g/mol. The van der Waals surface area contributed by atoms with Gasteiger partial charge < -0.3 is 5.32 Å². The molecule has 2 heteroatoms. The smallest absolute Gasteiger partial charge is 0.0603 e. The highest BCUT2D eigenvalue weighted by molar-refractivity contribution is 7.10. The number of benzene rings is 1. The van der Waals surface area contributed by atoms with E-state index in [2.05, 4.69) is 67.9 Å². The van der Waals surface area contributed by atoms with Crippen LogP contribution in [0.2, 0.25) is 0 Å². The average Bonchev–Trinajstić information content (AvgIpc) is 2.90. The lowest BCUT2D eigenvalue weighted by Crippen LogP contribution is -2.08. The third-order valence-corrected chi connectivity index (χ3v) is 4.18. The van der Waals surface area contributed by atoms with Crippen molar-refractivity contribution in [3.05, 3.63) is 52.2 Å².